The van der Waals surface area contributed by atoms with Gasteiger partial charge in [-0.15, -0.1) is 0 Å². The number of halogens is 1. The maximum absolute atomic E-state index is 3.49. The third-order valence-corrected chi connectivity index (χ3v) is 3.65. The lowest BCUT2D eigenvalue weighted by Crippen LogP contribution is -2.01. The van der Waals surface area contributed by atoms with E-state index in [1.807, 2.05) is 0 Å². The summed E-state index contributed by atoms with van der Waals surface area (Å²) in [4.78, 5) is 0. The van der Waals surface area contributed by atoms with Gasteiger partial charge in [-0.3, -0.25) is 0 Å². The third kappa shape index (κ3) is 3.22. The van der Waals surface area contributed by atoms with Crippen molar-refractivity contribution in [2.75, 3.05) is 5.32 Å². The largest absolute Gasteiger partial charge is 0.381 e. The van der Waals surface area contributed by atoms with E-state index in [1.165, 1.54) is 25.9 Å². The standard InChI is InChI=1S/C15H16IN/c1-11-5-3-8-15(12(11)2)17-10-13-6-4-7-14(16)9-13/h3-9,17H,10H2,1-2H3. The fourth-order valence-electron chi connectivity index (χ4n) is 1.79. The molecule has 0 fully saturated rings. The Kier molecular flexibility index (Phi) is 4.05. The fraction of sp³-hybridized carbons (Fsp3) is 0.200. The SMILES string of the molecule is Cc1cccc(NCc2cccc(I)c2)c1C. The minimum absolute atomic E-state index is 0.876. The van der Waals surface area contributed by atoms with Crippen LogP contribution in [0.5, 0.6) is 0 Å². The predicted octanol–water partition coefficient (Wildman–Crippen LogP) is 4.52. The first-order valence-corrected chi connectivity index (χ1v) is 6.79. The van der Waals surface area contributed by atoms with E-state index in [-0.39, 0.29) is 0 Å². The Labute approximate surface area is 116 Å². The quantitative estimate of drug-likeness (QED) is 0.812. The minimum atomic E-state index is 0.876. The van der Waals surface area contributed by atoms with Crippen LogP contribution in [0.4, 0.5) is 5.69 Å². The van der Waals surface area contributed by atoms with E-state index >= 15 is 0 Å². The smallest absolute Gasteiger partial charge is 0.0401 e. The zero-order valence-corrected chi connectivity index (χ0v) is 12.3. The summed E-state index contributed by atoms with van der Waals surface area (Å²) in [5.41, 5.74) is 5.21. The van der Waals surface area contributed by atoms with Crippen molar-refractivity contribution in [2.45, 2.75) is 20.4 Å². The molecule has 2 rings (SSSR count). The first kappa shape index (κ1) is 12.4. The van der Waals surface area contributed by atoms with Crippen LogP contribution in [0.15, 0.2) is 42.5 Å². The average Bonchev–Trinajstić information content (AvgIpc) is 2.31. The van der Waals surface area contributed by atoms with Gasteiger partial charge in [-0.05, 0) is 71.3 Å². The van der Waals surface area contributed by atoms with E-state index in [1.54, 1.807) is 0 Å². The van der Waals surface area contributed by atoms with Crippen LogP contribution in [-0.2, 0) is 6.54 Å². The number of nitrogens with one attached hydrogen (secondary N) is 1. The van der Waals surface area contributed by atoms with E-state index in [4.69, 9.17) is 0 Å². The van der Waals surface area contributed by atoms with Crippen molar-refractivity contribution in [3.63, 3.8) is 0 Å². The molecule has 0 aliphatic rings. The van der Waals surface area contributed by atoms with Crippen LogP contribution in [-0.4, -0.2) is 0 Å². The molecular formula is C15H16IN. The third-order valence-electron chi connectivity index (χ3n) is 2.98. The highest BCUT2D eigenvalue weighted by Crippen LogP contribution is 2.19. The Bertz CT molecular complexity index is 520. The van der Waals surface area contributed by atoms with Gasteiger partial charge in [0, 0.05) is 15.8 Å². The number of hydrogen-bond donors (Lipinski definition) is 1. The molecule has 0 radical (unpaired) electrons. The number of benzene rings is 2. The van der Waals surface area contributed by atoms with Gasteiger partial charge in [0.1, 0.15) is 0 Å². The van der Waals surface area contributed by atoms with E-state index < -0.39 is 0 Å². The summed E-state index contributed by atoms with van der Waals surface area (Å²) in [7, 11) is 0. The summed E-state index contributed by atoms with van der Waals surface area (Å²) in [6, 6.07) is 14.9. The number of aryl methyl sites for hydroxylation is 1. The average molecular weight is 337 g/mol. The molecule has 0 atom stereocenters. The molecule has 2 aromatic carbocycles. The summed E-state index contributed by atoms with van der Waals surface area (Å²) >= 11 is 2.34. The van der Waals surface area contributed by atoms with Gasteiger partial charge in [0.15, 0.2) is 0 Å². The second-order valence-electron chi connectivity index (χ2n) is 4.23. The molecule has 0 aliphatic carbocycles. The first-order valence-electron chi connectivity index (χ1n) is 5.71. The van der Waals surface area contributed by atoms with Gasteiger partial charge in [-0.25, -0.2) is 0 Å². The van der Waals surface area contributed by atoms with Crippen molar-refractivity contribution < 1.29 is 0 Å². The lowest BCUT2D eigenvalue weighted by atomic mass is 10.1. The Balaban J connectivity index is 2.10. The topological polar surface area (TPSA) is 12.0 Å². The normalized spacial score (nSPS) is 10.3. The van der Waals surface area contributed by atoms with Crippen molar-refractivity contribution in [1.82, 2.24) is 0 Å². The number of rotatable bonds is 3. The number of anilines is 1. The molecule has 0 heterocycles. The van der Waals surface area contributed by atoms with Crippen LogP contribution >= 0.6 is 22.6 Å². The van der Waals surface area contributed by atoms with Gasteiger partial charge in [-0.2, -0.15) is 0 Å². The zero-order valence-electron chi connectivity index (χ0n) is 10.1. The van der Waals surface area contributed by atoms with Crippen LogP contribution in [0.25, 0.3) is 0 Å². The van der Waals surface area contributed by atoms with Crippen molar-refractivity contribution in [3.05, 3.63) is 62.7 Å². The second kappa shape index (κ2) is 5.54. The number of hydrogen-bond acceptors (Lipinski definition) is 1. The van der Waals surface area contributed by atoms with Gasteiger partial charge in [-0.1, -0.05) is 24.3 Å². The van der Waals surface area contributed by atoms with Crippen LogP contribution in [0.1, 0.15) is 16.7 Å². The molecule has 0 saturated heterocycles. The predicted molar refractivity (Wildman–Crippen MR) is 82.4 cm³/mol. The highest BCUT2D eigenvalue weighted by molar-refractivity contribution is 14.1. The Morgan fingerprint density at radius 3 is 2.59 bits per heavy atom. The van der Waals surface area contributed by atoms with Crippen LogP contribution in [0, 0.1) is 17.4 Å². The summed E-state index contributed by atoms with van der Waals surface area (Å²) in [5.74, 6) is 0. The molecule has 0 bridgehead atoms. The molecule has 2 heteroatoms. The maximum Gasteiger partial charge on any atom is 0.0401 e. The first-order chi connectivity index (χ1) is 8.16. The lowest BCUT2D eigenvalue weighted by Gasteiger charge is -2.11. The van der Waals surface area contributed by atoms with Crippen molar-refractivity contribution in [2.24, 2.45) is 0 Å². The summed E-state index contributed by atoms with van der Waals surface area (Å²) in [5, 5.41) is 3.49. The van der Waals surface area contributed by atoms with E-state index in [0.29, 0.717) is 0 Å². The molecule has 88 valence electrons. The summed E-state index contributed by atoms with van der Waals surface area (Å²) in [6.07, 6.45) is 0. The molecular weight excluding hydrogens is 321 g/mol. The van der Waals surface area contributed by atoms with Gasteiger partial charge in [0.25, 0.3) is 0 Å². The molecule has 0 aromatic heterocycles. The van der Waals surface area contributed by atoms with E-state index in [0.717, 1.165) is 6.54 Å². The van der Waals surface area contributed by atoms with Crippen LogP contribution in [0.3, 0.4) is 0 Å². The Morgan fingerprint density at radius 2 is 1.82 bits per heavy atom. The summed E-state index contributed by atoms with van der Waals surface area (Å²) in [6.45, 7) is 5.18. The van der Waals surface area contributed by atoms with Gasteiger partial charge < -0.3 is 5.32 Å². The van der Waals surface area contributed by atoms with Gasteiger partial charge in [0.2, 0.25) is 0 Å². The monoisotopic (exact) mass is 337 g/mol. The van der Waals surface area contributed by atoms with Gasteiger partial charge in [0.05, 0.1) is 0 Å². The fourth-order valence-corrected chi connectivity index (χ4v) is 2.39. The molecule has 0 spiro atoms. The Hall–Kier alpha value is -1.03. The zero-order chi connectivity index (χ0) is 12.3. The Morgan fingerprint density at radius 1 is 1.06 bits per heavy atom. The second-order valence-corrected chi connectivity index (χ2v) is 5.48. The van der Waals surface area contributed by atoms with E-state index in [9.17, 15) is 0 Å². The van der Waals surface area contributed by atoms with Crippen molar-refractivity contribution in [1.29, 1.82) is 0 Å². The highest BCUT2D eigenvalue weighted by Gasteiger charge is 2.00. The lowest BCUT2D eigenvalue weighted by molar-refractivity contribution is 1.13. The van der Waals surface area contributed by atoms with E-state index in [2.05, 4.69) is 84.2 Å². The molecule has 1 N–H and O–H groups in total. The molecule has 2 aromatic rings. The van der Waals surface area contributed by atoms with Crippen molar-refractivity contribution in [3.8, 4) is 0 Å². The molecule has 0 saturated carbocycles. The molecule has 0 unspecified atom stereocenters. The van der Waals surface area contributed by atoms with Crippen LogP contribution < -0.4 is 5.32 Å². The molecule has 0 aliphatic heterocycles. The van der Waals surface area contributed by atoms with Crippen LogP contribution in [0.2, 0.25) is 0 Å². The molecule has 0 amide bonds. The summed E-state index contributed by atoms with van der Waals surface area (Å²) < 4.78 is 1.28. The maximum atomic E-state index is 3.49. The van der Waals surface area contributed by atoms with Gasteiger partial charge >= 0.3 is 0 Å². The minimum Gasteiger partial charge on any atom is -0.381 e. The molecule has 1 nitrogen and oxygen atoms in total. The molecule has 17 heavy (non-hydrogen) atoms. The highest BCUT2D eigenvalue weighted by atomic mass is 127. The van der Waals surface area contributed by atoms with Crippen molar-refractivity contribution >= 4 is 28.3 Å².